The molecule has 0 unspecified atom stereocenters. The molecule has 0 saturated heterocycles. The van der Waals surface area contributed by atoms with Gasteiger partial charge in [0.2, 0.25) is 0 Å². The van der Waals surface area contributed by atoms with Gasteiger partial charge in [-0.15, -0.1) is 0 Å². The molecule has 3 nitrogen and oxygen atoms in total. The minimum atomic E-state index is -0.327. The number of benzene rings is 1. The van der Waals surface area contributed by atoms with Crippen LogP contribution in [0.15, 0.2) is 24.3 Å². The Kier molecular flexibility index (Phi) is 5.05. The Morgan fingerprint density at radius 1 is 1.20 bits per heavy atom. The molecule has 1 saturated carbocycles. The van der Waals surface area contributed by atoms with E-state index in [1.165, 1.54) is 18.4 Å². The van der Waals surface area contributed by atoms with Crippen molar-refractivity contribution in [1.29, 1.82) is 0 Å². The minimum absolute atomic E-state index is 0.0641. The second-order valence-corrected chi connectivity index (χ2v) is 6.13. The van der Waals surface area contributed by atoms with Crippen molar-refractivity contribution in [2.75, 3.05) is 5.32 Å². The molecule has 1 aliphatic carbocycles. The van der Waals surface area contributed by atoms with Gasteiger partial charge < -0.3 is 4.74 Å². The molecule has 1 N–H and O–H groups in total. The normalized spacial score (nSPS) is 22.6. The van der Waals surface area contributed by atoms with Crippen molar-refractivity contribution in [3.05, 3.63) is 29.8 Å². The van der Waals surface area contributed by atoms with Crippen LogP contribution in [0.3, 0.4) is 0 Å². The van der Waals surface area contributed by atoms with E-state index in [-0.39, 0.29) is 12.2 Å². The maximum absolute atomic E-state index is 12.0. The Bertz CT molecular complexity index is 439. The zero-order valence-corrected chi connectivity index (χ0v) is 12.7. The molecule has 1 amide bonds. The first kappa shape index (κ1) is 14.9. The first-order chi connectivity index (χ1) is 9.56. The lowest BCUT2D eigenvalue weighted by molar-refractivity contribution is 0.0277. The molecule has 110 valence electrons. The predicted octanol–water partition coefficient (Wildman–Crippen LogP) is 4.76. The molecule has 0 radical (unpaired) electrons. The first-order valence-corrected chi connectivity index (χ1v) is 7.60. The number of aryl methyl sites for hydroxylation is 1. The lowest BCUT2D eigenvalue weighted by atomic mass is 9.79. The fraction of sp³-hybridized carbons (Fsp3) is 0.588. The van der Waals surface area contributed by atoms with Gasteiger partial charge >= 0.3 is 6.09 Å². The fourth-order valence-electron chi connectivity index (χ4n) is 2.96. The summed E-state index contributed by atoms with van der Waals surface area (Å²) in [4.78, 5) is 12.0. The Hall–Kier alpha value is -1.51. The third-order valence-corrected chi connectivity index (χ3v) is 4.17. The molecule has 2 atom stereocenters. The molecule has 1 aromatic carbocycles. The zero-order valence-electron chi connectivity index (χ0n) is 12.7. The van der Waals surface area contributed by atoms with E-state index in [1.54, 1.807) is 0 Å². The maximum Gasteiger partial charge on any atom is 0.411 e. The van der Waals surface area contributed by atoms with E-state index in [0.29, 0.717) is 11.8 Å². The topological polar surface area (TPSA) is 38.3 Å². The van der Waals surface area contributed by atoms with Crippen LogP contribution < -0.4 is 5.32 Å². The molecule has 0 heterocycles. The Morgan fingerprint density at radius 3 is 2.50 bits per heavy atom. The zero-order chi connectivity index (χ0) is 14.5. The molecule has 0 spiro atoms. The Balaban J connectivity index is 1.91. The highest BCUT2D eigenvalue weighted by atomic mass is 16.6. The van der Waals surface area contributed by atoms with Gasteiger partial charge in [0.1, 0.15) is 6.10 Å². The van der Waals surface area contributed by atoms with Crippen molar-refractivity contribution < 1.29 is 9.53 Å². The molecule has 1 aliphatic rings. The van der Waals surface area contributed by atoms with E-state index in [9.17, 15) is 4.79 Å². The van der Waals surface area contributed by atoms with Crippen molar-refractivity contribution in [2.45, 2.75) is 52.6 Å². The quantitative estimate of drug-likeness (QED) is 0.863. The summed E-state index contributed by atoms with van der Waals surface area (Å²) in [7, 11) is 0. The second-order valence-electron chi connectivity index (χ2n) is 6.13. The summed E-state index contributed by atoms with van der Waals surface area (Å²) in [5, 5.41) is 2.81. The van der Waals surface area contributed by atoms with E-state index in [4.69, 9.17) is 4.74 Å². The van der Waals surface area contributed by atoms with Crippen molar-refractivity contribution >= 4 is 11.8 Å². The van der Waals surface area contributed by atoms with Gasteiger partial charge in [-0.05, 0) is 50.2 Å². The Labute approximate surface area is 121 Å². The van der Waals surface area contributed by atoms with Crippen LogP contribution in [0.2, 0.25) is 0 Å². The van der Waals surface area contributed by atoms with E-state index >= 15 is 0 Å². The van der Waals surface area contributed by atoms with Gasteiger partial charge in [0.05, 0.1) is 0 Å². The lowest BCUT2D eigenvalue weighted by Gasteiger charge is -2.33. The first-order valence-electron chi connectivity index (χ1n) is 7.60. The number of amides is 1. The van der Waals surface area contributed by atoms with E-state index in [1.807, 2.05) is 31.2 Å². The third kappa shape index (κ3) is 3.99. The van der Waals surface area contributed by atoms with Crippen molar-refractivity contribution in [2.24, 2.45) is 11.8 Å². The molecule has 1 aromatic rings. The van der Waals surface area contributed by atoms with Gasteiger partial charge in [-0.2, -0.15) is 0 Å². The summed E-state index contributed by atoms with van der Waals surface area (Å²) in [5.41, 5.74) is 1.97. The monoisotopic (exact) mass is 275 g/mol. The average Bonchev–Trinajstić information content (AvgIpc) is 2.41. The average molecular weight is 275 g/mol. The fourth-order valence-corrected chi connectivity index (χ4v) is 2.96. The van der Waals surface area contributed by atoms with Gasteiger partial charge in [0.15, 0.2) is 0 Å². The van der Waals surface area contributed by atoms with Crippen LogP contribution in [-0.2, 0) is 4.74 Å². The highest BCUT2D eigenvalue weighted by Crippen LogP contribution is 2.32. The number of rotatable bonds is 3. The number of carbonyl (C=O) groups is 1. The molecule has 3 heteroatoms. The van der Waals surface area contributed by atoms with Gasteiger partial charge in [0, 0.05) is 5.69 Å². The molecule has 1 fully saturated rings. The standard InChI is InChI=1S/C17H25NO2/c1-12(2)15-6-4-5-7-16(15)20-17(19)18-14-10-8-13(3)9-11-14/h8-12,15-16H,4-7H2,1-3H3,(H,18,19)/t15-,16+/m1/s1. The summed E-state index contributed by atoms with van der Waals surface area (Å²) in [5.74, 6) is 1.06. The van der Waals surface area contributed by atoms with Crippen LogP contribution in [0.25, 0.3) is 0 Å². The summed E-state index contributed by atoms with van der Waals surface area (Å²) in [6.45, 7) is 6.45. The van der Waals surface area contributed by atoms with Crippen LogP contribution in [-0.4, -0.2) is 12.2 Å². The van der Waals surface area contributed by atoms with E-state index in [2.05, 4.69) is 19.2 Å². The molecule has 0 aliphatic heterocycles. The van der Waals surface area contributed by atoms with Gasteiger partial charge in [-0.3, -0.25) is 5.32 Å². The number of anilines is 1. The SMILES string of the molecule is Cc1ccc(NC(=O)O[C@H]2CCCC[C@@H]2C(C)C)cc1. The summed E-state index contributed by atoms with van der Waals surface area (Å²) >= 11 is 0. The van der Waals surface area contributed by atoms with Gasteiger partial charge in [-0.25, -0.2) is 4.79 Å². The largest absolute Gasteiger partial charge is 0.446 e. The molecule has 0 aromatic heterocycles. The summed E-state index contributed by atoms with van der Waals surface area (Å²) in [6, 6.07) is 7.76. The lowest BCUT2D eigenvalue weighted by Crippen LogP contribution is -2.34. The predicted molar refractivity (Wildman–Crippen MR) is 81.9 cm³/mol. The van der Waals surface area contributed by atoms with E-state index in [0.717, 1.165) is 18.5 Å². The molecule has 0 bridgehead atoms. The van der Waals surface area contributed by atoms with Crippen LogP contribution in [0.5, 0.6) is 0 Å². The van der Waals surface area contributed by atoms with Crippen LogP contribution in [0.4, 0.5) is 10.5 Å². The van der Waals surface area contributed by atoms with E-state index < -0.39 is 0 Å². The van der Waals surface area contributed by atoms with Crippen molar-refractivity contribution in [3.8, 4) is 0 Å². The molecule has 2 rings (SSSR count). The summed E-state index contributed by atoms with van der Waals surface area (Å²) in [6.07, 6.45) is 4.30. The third-order valence-electron chi connectivity index (χ3n) is 4.17. The second kappa shape index (κ2) is 6.78. The van der Waals surface area contributed by atoms with Gasteiger partial charge in [-0.1, -0.05) is 38.0 Å². The van der Waals surface area contributed by atoms with Crippen molar-refractivity contribution in [1.82, 2.24) is 0 Å². The minimum Gasteiger partial charge on any atom is -0.446 e. The number of nitrogens with one attached hydrogen (secondary N) is 1. The Morgan fingerprint density at radius 2 is 1.85 bits per heavy atom. The number of ether oxygens (including phenoxy) is 1. The maximum atomic E-state index is 12.0. The van der Waals surface area contributed by atoms with Crippen LogP contribution in [0, 0.1) is 18.8 Å². The highest BCUT2D eigenvalue weighted by molar-refractivity contribution is 5.84. The molecular weight excluding hydrogens is 250 g/mol. The number of hydrogen-bond donors (Lipinski definition) is 1. The number of hydrogen-bond acceptors (Lipinski definition) is 2. The smallest absolute Gasteiger partial charge is 0.411 e. The summed E-state index contributed by atoms with van der Waals surface area (Å²) < 4.78 is 5.65. The van der Waals surface area contributed by atoms with Crippen molar-refractivity contribution in [3.63, 3.8) is 0 Å². The molecule has 20 heavy (non-hydrogen) atoms. The van der Waals surface area contributed by atoms with Crippen LogP contribution in [0.1, 0.15) is 45.1 Å². The number of carbonyl (C=O) groups excluding carboxylic acids is 1. The van der Waals surface area contributed by atoms with Crippen LogP contribution >= 0.6 is 0 Å². The highest BCUT2D eigenvalue weighted by Gasteiger charge is 2.30. The van der Waals surface area contributed by atoms with Gasteiger partial charge in [0.25, 0.3) is 0 Å². The molecular formula is C17H25NO2.